The second-order valence-electron chi connectivity index (χ2n) is 6.95. The number of ether oxygens (including phenoxy) is 2. The van der Waals surface area contributed by atoms with Gasteiger partial charge in [0, 0.05) is 25.9 Å². The summed E-state index contributed by atoms with van der Waals surface area (Å²) in [4.78, 5) is 0. The van der Waals surface area contributed by atoms with Crippen molar-refractivity contribution in [2.75, 3.05) is 26.4 Å². The van der Waals surface area contributed by atoms with Gasteiger partial charge in [0.15, 0.2) is 0 Å². The quantitative estimate of drug-likeness (QED) is 0.689. The Morgan fingerprint density at radius 1 is 1.10 bits per heavy atom. The van der Waals surface area contributed by atoms with Gasteiger partial charge in [0.25, 0.3) is 0 Å². The summed E-state index contributed by atoms with van der Waals surface area (Å²) in [6.07, 6.45) is 11.3. The molecule has 0 aromatic heterocycles. The van der Waals surface area contributed by atoms with Gasteiger partial charge < -0.3 is 14.8 Å². The SMILES string of the molecule is CCCCCC(NCCC)C1CCOC2(CCOCC2)C1. The fourth-order valence-electron chi connectivity index (χ4n) is 3.95. The van der Waals surface area contributed by atoms with Crippen molar-refractivity contribution in [2.45, 2.75) is 83.3 Å². The smallest absolute Gasteiger partial charge is 0.0729 e. The number of hydrogen-bond donors (Lipinski definition) is 1. The van der Waals surface area contributed by atoms with Crippen molar-refractivity contribution >= 4 is 0 Å². The highest BCUT2D eigenvalue weighted by atomic mass is 16.5. The first kappa shape index (κ1) is 17.2. The van der Waals surface area contributed by atoms with Crippen LogP contribution in [0, 0.1) is 5.92 Å². The van der Waals surface area contributed by atoms with Gasteiger partial charge in [-0.15, -0.1) is 0 Å². The highest BCUT2D eigenvalue weighted by Gasteiger charge is 2.40. The Bertz CT molecular complexity index is 271. The van der Waals surface area contributed by atoms with Crippen LogP contribution in [0.3, 0.4) is 0 Å². The summed E-state index contributed by atoms with van der Waals surface area (Å²) in [5.74, 6) is 0.792. The third-order valence-corrected chi connectivity index (χ3v) is 5.28. The second kappa shape index (κ2) is 9.12. The Kier molecular flexibility index (Phi) is 7.48. The van der Waals surface area contributed by atoms with Crippen LogP contribution in [-0.2, 0) is 9.47 Å². The van der Waals surface area contributed by atoms with Crippen LogP contribution in [0.15, 0.2) is 0 Å². The van der Waals surface area contributed by atoms with E-state index < -0.39 is 0 Å². The van der Waals surface area contributed by atoms with Gasteiger partial charge in [-0.05, 0) is 51.0 Å². The molecule has 2 unspecified atom stereocenters. The molecule has 2 heterocycles. The maximum absolute atomic E-state index is 6.21. The van der Waals surface area contributed by atoms with E-state index in [0.29, 0.717) is 6.04 Å². The molecule has 0 aromatic rings. The first-order valence-corrected chi connectivity index (χ1v) is 9.25. The maximum Gasteiger partial charge on any atom is 0.0729 e. The molecule has 0 bridgehead atoms. The Balaban J connectivity index is 1.90. The summed E-state index contributed by atoms with van der Waals surface area (Å²) in [5.41, 5.74) is 0.137. The van der Waals surface area contributed by atoms with Gasteiger partial charge in [-0.1, -0.05) is 33.1 Å². The Hall–Kier alpha value is -0.120. The van der Waals surface area contributed by atoms with E-state index in [2.05, 4.69) is 19.2 Å². The number of hydrogen-bond acceptors (Lipinski definition) is 3. The van der Waals surface area contributed by atoms with E-state index in [0.717, 1.165) is 45.1 Å². The average Bonchev–Trinajstić information content (AvgIpc) is 2.51. The van der Waals surface area contributed by atoms with Crippen LogP contribution in [0.2, 0.25) is 0 Å². The van der Waals surface area contributed by atoms with Crippen molar-refractivity contribution in [3.63, 3.8) is 0 Å². The van der Waals surface area contributed by atoms with Gasteiger partial charge in [0.1, 0.15) is 0 Å². The van der Waals surface area contributed by atoms with Gasteiger partial charge in [0.05, 0.1) is 5.60 Å². The summed E-state index contributed by atoms with van der Waals surface area (Å²) < 4.78 is 11.8. The van der Waals surface area contributed by atoms with Crippen molar-refractivity contribution in [2.24, 2.45) is 5.92 Å². The summed E-state index contributed by atoms with van der Waals surface area (Å²) in [6.45, 7) is 8.43. The third-order valence-electron chi connectivity index (χ3n) is 5.28. The van der Waals surface area contributed by atoms with E-state index in [4.69, 9.17) is 9.47 Å². The van der Waals surface area contributed by atoms with Crippen molar-refractivity contribution in [1.29, 1.82) is 0 Å². The maximum atomic E-state index is 6.21. The van der Waals surface area contributed by atoms with E-state index in [1.54, 1.807) is 0 Å². The van der Waals surface area contributed by atoms with E-state index in [9.17, 15) is 0 Å². The molecule has 3 nitrogen and oxygen atoms in total. The molecule has 2 saturated heterocycles. The lowest BCUT2D eigenvalue weighted by atomic mass is 9.76. The summed E-state index contributed by atoms with van der Waals surface area (Å²) in [7, 11) is 0. The molecule has 2 atom stereocenters. The van der Waals surface area contributed by atoms with Crippen molar-refractivity contribution < 1.29 is 9.47 Å². The van der Waals surface area contributed by atoms with Gasteiger partial charge in [-0.25, -0.2) is 0 Å². The Labute approximate surface area is 131 Å². The molecule has 124 valence electrons. The fraction of sp³-hybridized carbons (Fsp3) is 1.00. The summed E-state index contributed by atoms with van der Waals surface area (Å²) in [6, 6.07) is 0.695. The molecule has 1 N–H and O–H groups in total. The van der Waals surface area contributed by atoms with Gasteiger partial charge in [-0.2, -0.15) is 0 Å². The van der Waals surface area contributed by atoms with Crippen LogP contribution in [0.25, 0.3) is 0 Å². The van der Waals surface area contributed by atoms with Crippen LogP contribution in [0.1, 0.15) is 71.6 Å². The van der Waals surface area contributed by atoms with E-state index >= 15 is 0 Å². The van der Waals surface area contributed by atoms with Gasteiger partial charge in [0.2, 0.25) is 0 Å². The zero-order chi connectivity index (χ0) is 15.0. The van der Waals surface area contributed by atoms with Crippen LogP contribution in [0.5, 0.6) is 0 Å². The lowest BCUT2D eigenvalue weighted by molar-refractivity contribution is -0.150. The topological polar surface area (TPSA) is 30.5 Å². The monoisotopic (exact) mass is 297 g/mol. The molecule has 2 aliphatic rings. The van der Waals surface area contributed by atoms with Crippen LogP contribution >= 0.6 is 0 Å². The molecule has 1 spiro atoms. The normalized spacial score (nSPS) is 26.9. The minimum absolute atomic E-state index is 0.137. The number of nitrogens with one attached hydrogen (secondary N) is 1. The van der Waals surface area contributed by atoms with Crippen molar-refractivity contribution in [3.05, 3.63) is 0 Å². The fourth-order valence-corrected chi connectivity index (χ4v) is 3.95. The zero-order valence-electron chi connectivity index (χ0n) is 14.2. The number of rotatable bonds is 8. The summed E-state index contributed by atoms with van der Waals surface area (Å²) in [5, 5.41) is 3.83. The highest BCUT2D eigenvalue weighted by Crippen LogP contribution is 2.39. The second-order valence-corrected chi connectivity index (χ2v) is 6.95. The molecule has 0 aromatic carbocycles. The Morgan fingerprint density at radius 2 is 1.90 bits per heavy atom. The van der Waals surface area contributed by atoms with Gasteiger partial charge >= 0.3 is 0 Å². The molecule has 21 heavy (non-hydrogen) atoms. The molecule has 0 amide bonds. The standard InChI is InChI=1S/C18H35NO2/c1-3-5-6-7-17(19-11-4-2)16-8-12-21-18(15-16)9-13-20-14-10-18/h16-17,19H,3-15H2,1-2H3. The predicted molar refractivity (Wildman–Crippen MR) is 87.7 cm³/mol. The first-order chi connectivity index (χ1) is 10.3. The molecule has 2 rings (SSSR count). The molecule has 2 fully saturated rings. The molecular weight excluding hydrogens is 262 g/mol. The van der Waals surface area contributed by atoms with E-state index in [1.807, 2.05) is 0 Å². The molecular formula is C18H35NO2. The third kappa shape index (κ3) is 5.22. The lowest BCUT2D eigenvalue weighted by Crippen LogP contribution is -2.49. The molecule has 0 saturated carbocycles. The van der Waals surface area contributed by atoms with Crippen LogP contribution in [0.4, 0.5) is 0 Å². The van der Waals surface area contributed by atoms with E-state index in [1.165, 1.54) is 44.9 Å². The Morgan fingerprint density at radius 3 is 2.62 bits per heavy atom. The number of unbranched alkanes of at least 4 members (excludes halogenated alkanes) is 2. The van der Waals surface area contributed by atoms with Crippen molar-refractivity contribution in [3.8, 4) is 0 Å². The minimum atomic E-state index is 0.137. The zero-order valence-corrected chi connectivity index (χ0v) is 14.2. The molecule has 0 aliphatic carbocycles. The molecule has 3 heteroatoms. The van der Waals surface area contributed by atoms with E-state index in [-0.39, 0.29) is 5.60 Å². The summed E-state index contributed by atoms with van der Waals surface area (Å²) >= 11 is 0. The first-order valence-electron chi connectivity index (χ1n) is 9.25. The lowest BCUT2D eigenvalue weighted by Gasteiger charge is -2.45. The van der Waals surface area contributed by atoms with Gasteiger partial charge in [-0.3, -0.25) is 0 Å². The van der Waals surface area contributed by atoms with Crippen LogP contribution in [-0.4, -0.2) is 38.0 Å². The van der Waals surface area contributed by atoms with Crippen LogP contribution < -0.4 is 5.32 Å². The average molecular weight is 297 g/mol. The molecule has 2 aliphatic heterocycles. The van der Waals surface area contributed by atoms with Crippen molar-refractivity contribution in [1.82, 2.24) is 5.32 Å². The predicted octanol–water partition coefficient (Wildman–Crippen LogP) is 3.91. The molecule has 0 radical (unpaired) electrons. The highest BCUT2D eigenvalue weighted by molar-refractivity contribution is 4.92. The largest absolute Gasteiger partial charge is 0.381 e. The minimum Gasteiger partial charge on any atom is -0.381 e.